The first-order chi connectivity index (χ1) is 6.13. The first kappa shape index (κ1) is 9.75. The van der Waals surface area contributed by atoms with Gasteiger partial charge >= 0.3 is 0 Å². The maximum Gasteiger partial charge on any atom is 0.185 e. The van der Waals surface area contributed by atoms with Gasteiger partial charge in [0.1, 0.15) is 0 Å². The van der Waals surface area contributed by atoms with Crippen LogP contribution in [-0.4, -0.2) is 19.1 Å². The van der Waals surface area contributed by atoms with Crippen molar-refractivity contribution in [3.63, 3.8) is 0 Å². The van der Waals surface area contributed by atoms with E-state index in [1.165, 1.54) is 0 Å². The Morgan fingerprint density at radius 1 is 1.69 bits per heavy atom. The van der Waals surface area contributed by atoms with Crippen molar-refractivity contribution in [2.45, 2.75) is 6.92 Å². The molecule has 0 N–H and O–H groups in total. The fourth-order valence-electron chi connectivity index (χ4n) is 0.789. The lowest BCUT2D eigenvalue weighted by Crippen LogP contribution is -2.07. The summed E-state index contributed by atoms with van der Waals surface area (Å²) >= 11 is 1.58. The lowest BCUT2D eigenvalue weighted by Gasteiger charge is -2.04. The predicted molar refractivity (Wildman–Crippen MR) is 56.7 cm³/mol. The van der Waals surface area contributed by atoms with Gasteiger partial charge in [0, 0.05) is 25.2 Å². The molecule has 1 heterocycles. The smallest absolute Gasteiger partial charge is 0.185 e. The first-order valence-corrected chi connectivity index (χ1v) is 4.64. The number of hydrogen-bond donors (Lipinski definition) is 0. The molecule has 0 unspecified atom stereocenters. The van der Waals surface area contributed by atoms with Gasteiger partial charge in [0.2, 0.25) is 0 Å². The van der Waals surface area contributed by atoms with Crippen LogP contribution >= 0.6 is 11.3 Å². The van der Waals surface area contributed by atoms with E-state index >= 15 is 0 Å². The van der Waals surface area contributed by atoms with Gasteiger partial charge in [0.15, 0.2) is 10.8 Å². The lowest BCUT2D eigenvalue weighted by molar-refractivity contribution is 1.10. The third kappa shape index (κ3) is 2.56. The summed E-state index contributed by atoms with van der Waals surface area (Å²) < 4.78 is 0. The first-order valence-electron chi connectivity index (χ1n) is 3.82. The molecule has 0 aliphatic heterocycles. The highest BCUT2D eigenvalue weighted by atomic mass is 32.1. The van der Waals surface area contributed by atoms with E-state index in [-0.39, 0.29) is 0 Å². The second-order valence-electron chi connectivity index (χ2n) is 2.84. The van der Waals surface area contributed by atoms with E-state index in [0.29, 0.717) is 5.70 Å². The molecule has 0 aliphatic rings. The third-order valence-corrected chi connectivity index (χ3v) is 2.53. The van der Waals surface area contributed by atoms with Crippen LogP contribution in [0.3, 0.4) is 0 Å². The van der Waals surface area contributed by atoms with Crippen molar-refractivity contribution in [1.82, 2.24) is 4.98 Å². The Kier molecular flexibility index (Phi) is 3.04. The minimum Gasteiger partial charge on any atom is -0.354 e. The molecule has 0 bridgehead atoms. The SMILES string of the molecule is [C-]#[N+]/C(C)=C\c1cnc(N(C)C)s1. The number of allylic oxidation sites excluding steroid dienone is 1. The van der Waals surface area contributed by atoms with Crippen molar-refractivity contribution in [2.24, 2.45) is 0 Å². The average molecular weight is 193 g/mol. The summed E-state index contributed by atoms with van der Waals surface area (Å²) in [6.07, 6.45) is 3.63. The molecule has 0 radical (unpaired) electrons. The Labute approximate surface area is 82.2 Å². The number of nitrogens with zero attached hydrogens (tertiary/aromatic N) is 3. The van der Waals surface area contributed by atoms with Gasteiger partial charge in [-0.3, -0.25) is 0 Å². The summed E-state index contributed by atoms with van der Waals surface area (Å²) in [5.74, 6) is 0. The largest absolute Gasteiger partial charge is 0.354 e. The summed E-state index contributed by atoms with van der Waals surface area (Å²) in [4.78, 5) is 10.5. The van der Waals surface area contributed by atoms with E-state index in [1.807, 2.05) is 25.1 Å². The van der Waals surface area contributed by atoms with Crippen LogP contribution in [0.4, 0.5) is 5.13 Å². The minimum absolute atomic E-state index is 0.689. The second-order valence-corrected chi connectivity index (χ2v) is 3.88. The van der Waals surface area contributed by atoms with E-state index in [1.54, 1.807) is 24.5 Å². The highest BCUT2D eigenvalue weighted by Crippen LogP contribution is 2.22. The zero-order valence-electron chi connectivity index (χ0n) is 7.90. The van der Waals surface area contributed by atoms with E-state index in [0.717, 1.165) is 10.0 Å². The highest BCUT2D eigenvalue weighted by molar-refractivity contribution is 7.16. The Bertz CT molecular complexity index is 357. The number of rotatable bonds is 2. The number of anilines is 1. The van der Waals surface area contributed by atoms with Crippen LogP contribution in [0.2, 0.25) is 0 Å². The molecule has 1 rings (SSSR count). The molecular weight excluding hydrogens is 182 g/mol. The van der Waals surface area contributed by atoms with Crippen LogP contribution in [0.25, 0.3) is 10.9 Å². The van der Waals surface area contributed by atoms with Crippen LogP contribution < -0.4 is 4.90 Å². The molecule has 3 nitrogen and oxygen atoms in total. The quantitative estimate of drug-likeness (QED) is 0.673. The molecule has 1 aromatic rings. The molecule has 0 saturated carbocycles. The van der Waals surface area contributed by atoms with Gasteiger partial charge in [-0.05, 0) is 13.0 Å². The number of aromatic nitrogens is 1. The molecule has 0 saturated heterocycles. The predicted octanol–water partition coefficient (Wildman–Crippen LogP) is 2.49. The summed E-state index contributed by atoms with van der Waals surface area (Å²) in [7, 11) is 3.90. The van der Waals surface area contributed by atoms with E-state index in [2.05, 4.69) is 9.83 Å². The minimum atomic E-state index is 0.689. The molecule has 0 amide bonds. The molecular formula is C9H11N3S. The van der Waals surface area contributed by atoms with Crippen LogP contribution in [0.15, 0.2) is 11.9 Å². The van der Waals surface area contributed by atoms with Gasteiger partial charge in [-0.1, -0.05) is 11.3 Å². The van der Waals surface area contributed by atoms with Crippen LogP contribution in [0.5, 0.6) is 0 Å². The fraction of sp³-hybridized carbons (Fsp3) is 0.333. The van der Waals surface area contributed by atoms with Gasteiger partial charge in [0.25, 0.3) is 0 Å². The molecule has 4 heteroatoms. The van der Waals surface area contributed by atoms with E-state index in [9.17, 15) is 0 Å². The van der Waals surface area contributed by atoms with Crippen LogP contribution in [-0.2, 0) is 0 Å². The molecule has 0 aromatic carbocycles. The molecule has 0 spiro atoms. The Balaban J connectivity index is 2.88. The topological polar surface area (TPSA) is 20.5 Å². The third-order valence-electron chi connectivity index (χ3n) is 1.42. The van der Waals surface area contributed by atoms with E-state index < -0.39 is 0 Å². The molecule has 1 aromatic heterocycles. The Morgan fingerprint density at radius 3 is 2.85 bits per heavy atom. The fourth-order valence-corrected chi connectivity index (χ4v) is 1.62. The normalized spacial score (nSPS) is 11.1. The van der Waals surface area contributed by atoms with E-state index in [4.69, 9.17) is 6.57 Å². The lowest BCUT2D eigenvalue weighted by atomic mass is 10.4. The standard InChI is InChI=1S/C9H11N3S/c1-7(10-2)5-8-6-11-9(13-8)12(3)4/h5-6H,1,3-4H3/b7-5-. The molecule has 68 valence electrons. The maximum absolute atomic E-state index is 6.78. The maximum atomic E-state index is 6.78. The molecule has 13 heavy (non-hydrogen) atoms. The van der Waals surface area contributed by atoms with Gasteiger partial charge in [-0.15, -0.1) is 0 Å². The van der Waals surface area contributed by atoms with Gasteiger partial charge in [-0.2, -0.15) is 0 Å². The summed E-state index contributed by atoms with van der Waals surface area (Å²) in [5.41, 5.74) is 0.689. The van der Waals surface area contributed by atoms with Gasteiger partial charge in [-0.25, -0.2) is 9.83 Å². The second kappa shape index (κ2) is 4.06. The van der Waals surface area contributed by atoms with Crippen molar-refractivity contribution >= 4 is 22.5 Å². The van der Waals surface area contributed by atoms with Crippen molar-refractivity contribution < 1.29 is 0 Å². The van der Waals surface area contributed by atoms with Crippen molar-refractivity contribution in [3.05, 3.63) is 28.2 Å². The molecule has 0 fully saturated rings. The zero-order valence-corrected chi connectivity index (χ0v) is 8.72. The summed E-state index contributed by atoms with van der Waals surface area (Å²) in [6.45, 7) is 8.57. The Morgan fingerprint density at radius 2 is 2.38 bits per heavy atom. The Hall–Kier alpha value is -1.34. The molecule has 0 aliphatic carbocycles. The van der Waals surface area contributed by atoms with Gasteiger partial charge in [0.05, 0.1) is 6.57 Å². The molecule has 0 atom stereocenters. The number of thiazole rings is 1. The van der Waals surface area contributed by atoms with Crippen molar-refractivity contribution in [2.75, 3.05) is 19.0 Å². The number of hydrogen-bond acceptors (Lipinski definition) is 3. The monoisotopic (exact) mass is 193 g/mol. The van der Waals surface area contributed by atoms with Gasteiger partial charge < -0.3 is 4.90 Å². The highest BCUT2D eigenvalue weighted by Gasteiger charge is 2.00. The average Bonchev–Trinajstić information content (AvgIpc) is 2.52. The zero-order chi connectivity index (χ0) is 9.84. The van der Waals surface area contributed by atoms with Crippen molar-refractivity contribution in [3.8, 4) is 0 Å². The summed E-state index contributed by atoms with van der Waals surface area (Å²) in [5, 5.41) is 0.962. The summed E-state index contributed by atoms with van der Waals surface area (Å²) in [6, 6.07) is 0. The van der Waals surface area contributed by atoms with Crippen molar-refractivity contribution in [1.29, 1.82) is 0 Å². The van der Waals surface area contributed by atoms with Crippen LogP contribution in [0, 0.1) is 6.57 Å². The van der Waals surface area contributed by atoms with Crippen LogP contribution in [0.1, 0.15) is 11.8 Å².